The molecule has 1 rings (SSSR count). The van der Waals surface area contributed by atoms with Gasteiger partial charge in [0.2, 0.25) is 0 Å². The summed E-state index contributed by atoms with van der Waals surface area (Å²) in [6, 6.07) is 2.92. The zero-order chi connectivity index (χ0) is 8.43. The van der Waals surface area contributed by atoms with Crippen LogP contribution in [-0.2, 0) is 7.05 Å². The maximum Gasteiger partial charge on any atom is 0.268 e. The fraction of sp³-hybridized carbons (Fsp3) is 0.167. The topological polar surface area (TPSA) is 58.7 Å². The van der Waals surface area contributed by atoms with E-state index in [9.17, 15) is 4.79 Å². The number of nitrogens with zero attached hydrogens (tertiary/aromatic N) is 3. The van der Waals surface area contributed by atoms with Crippen LogP contribution in [0.3, 0.4) is 0 Å². The molecule has 0 atom stereocenters. The summed E-state index contributed by atoms with van der Waals surface area (Å²) < 4.78 is 1.06. The second kappa shape index (κ2) is 2.72. The Morgan fingerprint density at radius 1 is 1.82 bits per heavy atom. The van der Waals surface area contributed by atoms with Crippen molar-refractivity contribution in [2.24, 2.45) is 7.05 Å². The summed E-state index contributed by atoms with van der Waals surface area (Å²) in [5, 5.41) is 12.1. The molecular formula is C6H4ClN3O. The second-order valence-electron chi connectivity index (χ2n) is 1.91. The highest BCUT2D eigenvalue weighted by Crippen LogP contribution is 2.06. The molecule has 0 aliphatic heterocycles. The third-order valence-corrected chi connectivity index (χ3v) is 1.44. The Bertz CT molecular complexity index is 376. The molecule has 0 fully saturated rings. The quantitative estimate of drug-likeness (QED) is 0.562. The minimum absolute atomic E-state index is 0.0637. The SMILES string of the molecule is Cn1nc(C#N)c(Cl)cc1=O. The Hall–Kier alpha value is -1.34. The fourth-order valence-corrected chi connectivity index (χ4v) is 0.766. The van der Waals surface area contributed by atoms with Crippen LogP contribution >= 0.6 is 11.6 Å². The molecule has 11 heavy (non-hydrogen) atoms. The molecule has 1 aromatic rings. The first-order valence-corrected chi connectivity index (χ1v) is 3.17. The molecule has 0 saturated heterocycles. The van der Waals surface area contributed by atoms with Crippen molar-refractivity contribution in [3.05, 3.63) is 27.1 Å². The van der Waals surface area contributed by atoms with Gasteiger partial charge in [-0.15, -0.1) is 0 Å². The maximum absolute atomic E-state index is 10.8. The highest BCUT2D eigenvalue weighted by molar-refractivity contribution is 6.31. The van der Waals surface area contributed by atoms with Gasteiger partial charge < -0.3 is 0 Å². The van der Waals surface area contributed by atoms with E-state index in [-0.39, 0.29) is 16.3 Å². The summed E-state index contributed by atoms with van der Waals surface area (Å²) in [6.45, 7) is 0. The minimum atomic E-state index is -0.325. The van der Waals surface area contributed by atoms with Gasteiger partial charge in [0.15, 0.2) is 5.69 Å². The molecule has 5 heteroatoms. The van der Waals surface area contributed by atoms with Crippen LogP contribution in [0.5, 0.6) is 0 Å². The molecule has 0 radical (unpaired) electrons. The zero-order valence-corrected chi connectivity index (χ0v) is 6.46. The van der Waals surface area contributed by atoms with Gasteiger partial charge in [0.05, 0.1) is 5.02 Å². The first-order valence-electron chi connectivity index (χ1n) is 2.79. The molecule has 0 amide bonds. The number of aromatic nitrogens is 2. The Morgan fingerprint density at radius 3 is 3.00 bits per heavy atom. The van der Waals surface area contributed by atoms with E-state index < -0.39 is 0 Å². The van der Waals surface area contributed by atoms with Crippen LogP contribution in [-0.4, -0.2) is 9.78 Å². The van der Waals surface area contributed by atoms with E-state index in [1.165, 1.54) is 7.05 Å². The largest absolute Gasteiger partial charge is 0.268 e. The normalized spacial score (nSPS) is 9.18. The Labute approximate surface area is 67.6 Å². The van der Waals surface area contributed by atoms with Crippen molar-refractivity contribution in [2.75, 3.05) is 0 Å². The van der Waals surface area contributed by atoms with Crippen LogP contribution < -0.4 is 5.56 Å². The van der Waals surface area contributed by atoms with Crippen molar-refractivity contribution >= 4 is 11.6 Å². The van der Waals surface area contributed by atoms with Gasteiger partial charge >= 0.3 is 0 Å². The van der Waals surface area contributed by atoms with Gasteiger partial charge in [0.1, 0.15) is 6.07 Å². The third-order valence-electron chi connectivity index (χ3n) is 1.15. The molecule has 0 saturated carbocycles. The number of hydrogen-bond donors (Lipinski definition) is 0. The van der Waals surface area contributed by atoms with Crippen LogP contribution in [0.2, 0.25) is 5.02 Å². The third kappa shape index (κ3) is 1.38. The minimum Gasteiger partial charge on any atom is -0.268 e. The number of aryl methyl sites for hydroxylation is 1. The second-order valence-corrected chi connectivity index (χ2v) is 2.32. The summed E-state index contributed by atoms with van der Waals surface area (Å²) in [5.41, 5.74) is -0.261. The predicted octanol–water partition coefficient (Wildman–Crippen LogP) is 0.305. The Morgan fingerprint density at radius 2 is 2.45 bits per heavy atom. The highest BCUT2D eigenvalue weighted by Gasteiger charge is 2.02. The molecule has 0 bridgehead atoms. The first-order chi connectivity index (χ1) is 5.15. The molecule has 1 heterocycles. The smallest absolute Gasteiger partial charge is 0.268 e. The number of nitriles is 1. The standard InChI is InChI=1S/C6H4ClN3O/c1-10-6(11)2-4(7)5(3-8)9-10/h2H,1H3. The monoisotopic (exact) mass is 169 g/mol. The van der Waals surface area contributed by atoms with E-state index in [0.29, 0.717) is 0 Å². The molecule has 0 aliphatic carbocycles. The Balaban J connectivity index is 3.47. The van der Waals surface area contributed by atoms with Crippen molar-refractivity contribution < 1.29 is 0 Å². The molecule has 56 valence electrons. The van der Waals surface area contributed by atoms with Crippen molar-refractivity contribution in [2.45, 2.75) is 0 Å². The highest BCUT2D eigenvalue weighted by atomic mass is 35.5. The first kappa shape index (κ1) is 7.76. The van der Waals surface area contributed by atoms with Gasteiger partial charge in [-0.1, -0.05) is 11.6 Å². The van der Waals surface area contributed by atoms with E-state index in [1.54, 1.807) is 6.07 Å². The van der Waals surface area contributed by atoms with E-state index >= 15 is 0 Å². The van der Waals surface area contributed by atoms with Gasteiger partial charge in [-0.3, -0.25) is 4.79 Å². The summed E-state index contributed by atoms with van der Waals surface area (Å²) in [6.07, 6.45) is 0. The molecule has 4 nitrogen and oxygen atoms in total. The number of hydrogen-bond acceptors (Lipinski definition) is 3. The lowest BCUT2D eigenvalue weighted by atomic mass is 10.4. The van der Waals surface area contributed by atoms with Crippen LogP contribution in [0, 0.1) is 11.3 Å². The summed E-state index contributed by atoms with van der Waals surface area (Å²) in [5.74, 6) is 0. The molecule has 0 aliphatic rings. The summed E-state index contributed by atoms with van der Waals surface area (Å²) >= 11 is 5.50. The maximum atomic E-state index is 10.8. The van der Waals surface area contributed by atoms with E-state index in [1.807, 2.05) is 0 Å². The summed E-state index contributed by atoms with van der Waals surface area (Å²) in [7, 11) is 1.46. The van der Waals surface area contributed by atoms with E-state index in [2.05, 4.69) is 5.10 Å². The number of rotatable bonds is 0. The van der Waals surface area contributed by atoms with Crippen molar-refractivity contribution in [3.63, 3.8) is 0 Å². The molecular weight excluding hydrogens is 166 g/mol. The predicted molar refractivity (Wildman–Crippen MR) is 39.2 cm³/mol. The van der Waals surface area contributed by atoms with E-state index in [0.717, 1.165) is 10.7 Å². The van der Waals surface area contributed by atoms with E-state index in [4.69, 9.17) is 16.9 Å². The number of halogens is 1. The Kier molecular flexibility index (Phi) is 1.92. The lowest BCUT2D eigenvalue weighted by Crippen LogP contribution is -2.19. The molecule has 0 N–H and O–H groups in total. The van der Waals surface area contributed by atoms with Gasteiger partial charge in [0.25, 0.3) is 5.56 Å². The lowest BCUT2D eigenvalue weighted by molar-refractivity contribution is 0.701. The van der Waals surface area contributed by atoms with Gasteiger partial charge in [-0.25, -0.2) is 4.68 Å². The zero-order valence-electron chi connectivity index (χ0n) is 5.71. The van der Waals surface area contributed by atoms with Crippen LogP contribution in [0.25, 0.3) is 0 Å². The average Bonchev–Trinajstić information content (AvgIpc) is 1.97. The molecule has 0 unspecified atom stereocenters. The van der Waals surface area contributed by atoms with Crippen LogP contribution in [0.15, 0.2) is 10.9 Å². The molecule has 0 aromatic carbocycles. The van der Waals surface area contributed by atoms with Crippen molar-refractivity contribution in [3.8, 4) is 6.07 Å². The average molecular weight is 170 g/mol. The molecule has 0 spiro atoms. The van der Waals surface area contributed by atoms with Gasteiger partial charge in [-0.05, 0) is 0 Å². The van der Waals surface area contributed by atoms with Crippen molar-refractivity contribution in [1.82, 2.24) is 9.78 Å². The summed E-state index contributed by atoms with van der Waals surface area (Å²) in [4.78, 5) is 10.8. The van der Waals surface area contributed by atoms with Crippen LogP contribution in [0.1, 0.15) is 5.69 Å². The fourth-order valence-electron chi connectivity index (χ4n) is 0.593. The molecule has 1 aromatic heterocycles. The van der Waals surface area contributed by atoms with Gasteiger partial charge in [0, 0.05) is 13.1 Å². The van der Waals surface area contributed by atoms with Crippen LogP contribution in [0.4, 0.5) is 0 Å². The lowest BCUT2D eigenvalue weighted by Gasteiger charge is -1.95. The van der Waals surface area contributed by atoms with Crippen molar-refractivity contribution in [1.29, 1.82) is 5.26 Å². The van der Waals surface area contributed by atoms with Gasteiger partial charge in [-0.2, -0.15) is 10.4 Å².